The van der Waals surface area contributed by atoms with Crippen LogP contribution in [0.5, 0.6) is 11.6 Å². The van der Waals surface area contributed by atoms with Gasteiger partial charge in [-0.2, -0.15) is 0 Å². The Bertz CT molecular complexity index is 1220. The van der Waals surface area contributed by atoms with Crippen LogP contribution in [-0.2, 0) is 9.53 Å². The highest BCUT2D eigenvalue weighted by Crippen LogP contribution is 2.36. The van der Waals surface area contributed by atoms with Gasteiger partial charge in [-0.15, -0.1) is 0 Å². The van der Waals surface area contributed by atoms with Gasteiger partial charge in [-0.05, 0) is 68.5 Å². The molecule has 2 aromatic carbocycles. The highest BCUT2D eigenvalue weighted by atomic mass is 16.5. The molecule has 0 bridgehead atoms. The molecule has 8 heteroatoms. The molecule has 0 spiro atoms. The zero-order chi connectivity index (χ0) is 25.6. The van der Waals surface area contributed by atoms with Crippen LogP contribution in [0.25, 0.3) is 11.1 Å². The first-order valence-electron chi connectivity index (χ1n) is 12.8. The predicted molar refractivity (Wildman–Crippen MR) is 141 cm³/mol. The Morgan fingerprint density at radius 1 is 1.03 bits per heavy atom. The number of hydrogen-bond donors (Lipinski definition) is 1. The van der Waals surface area contributed by atoms with E-state index in [0.29, 0.717) is 31.4 Å². The van der Waals surface area contributed by atoms with Gasteiger partial charge in [0.1, 0.15) is 18.5 Å². The minimum absolute atomic E-state index is 0.0262. The largest absolute Gasteiger partial charge is 0.490 e. The monoisotopic (exact) mass is 501 g/mol. The lowest BCUT2D eigenvalue weighted by Gasteiger charge is -2.30. The van der Waals surface area contributed by atoms with Gasteiger partial charge >= 0.3 is 12.0 Å². The lowest BCUT2D eigenvalue weighted by atomic mass is 9.87. The Kier molecular flexibility index (Phi) is 7.54. The summed E-state index contributed by atoms with van der Waals surface area (Å²) >= 11 is 0. The van der Waals surface area contributed by atoms with Crippen LogP contribution in [-0.4, -0.2) is 42.8 Å². The van der Waals surface area contributed by atoms with Gasteiger partial charge in [-0.25, -0.2) is 9.78 Å². The Morgan fingerprint density at radius 2 is 1.81 bits per heavy atom. The van der Waals surface area contributed by atoms with Crippen LogP contribution in [0.3, 0.4) is 0 Å². The van der Waals surface area contributed by atoms with Crippen LogP contribution >= 0.6 is 0 Å². The number of rotatable bonds is 6. The summed E-state index contributed by atoms with van der Waals surface area (Å²) in [5.41, 5.74) is 3.35. The maximum absolute atomic E-state index is 12.9. The molecule has 0 radical (unpaired) electrons. The van der Waals surface area contributed by atoms with Crippen LogP contribution < -0.4 is 19.7 Å². The summed E-state index contributed by atoms with van der Waals surface area (Å²) < 4.78 is 17.1. The number of para-hydroxylation sites is 1. The number of ether oxygens (including phenoxy) is 3. The van der Waals surface area contributed by atoms with Crippen LogP contribution in [0.4, 0.5) is 16.2 Å². The standard InChI is InChI=1S/C29H31N3O5/c1-2-35-28(33)20-8-12-24(13-9-20)37-27-15-11-22(19-30-27)21-10-14-25-26(18-21)36-17-16-32(25)29(34)31-23-6-4-3-5-7-23/h3-7,10-11,14-15,18-20,24H,2,8-9,12-13,16-17H2,1H3,(H,31,34)/t20-,24-. The molecule has 0 saturated heterocycles. The summed E-state index contributed by atoms with van der Waals surface area (Å²) in [6.07, 6.45) is 5.00. The normalized spacial score (nSPS) is 18.8. The lowest BCUT2D eigenvalue weighted by molar-refractivity contribution is -0.149. The van der Waals surface area contributed by atoms with Gasteiger partial charge in [0.15, 0.2) is 0 Å². The zero-order valence-electron chi connectivity index (χ0n) is 20.9. The van der Waals surface area contributed by atoms with E-state index in [4.69, 9.17) is 14.2 Å². The molecule has 2 heterocycles. The van der Waals surface area contributed by atoms with Crippen molar-refractivity contribution < 1.29 is 23.8 Å². The predicted octanol–water partition coefficient (Wildman–Crippen LogP) is 5.68. The average molecular weight is 502 g/mol. The van der Waals surface area contributed by atoms with E-state index in [1.54, 1.807) is 11.1 Å². The number of aromatic nitrogens is 1. The summed E-state index contributed by atoms with van der Waals surface area (Å²) in [5, 5.41) is 2.94. The number of hydrogen-bond acceptors (Lipinski definition) is 6. The molecule has 1 N–H and O–H groups in total. The van der Waals surface area contributed by atoms with Gasteiger partial charge < -0.3 is 19.5 Å². The van der Waals surface area contributed by atoms with E-state index in [1.165, 1.54) is 0 Å². The molecule has 2 aliphatic rings. The summed E-state index contributed by atoms with van der Waals surface area (Å²) in [4.78, 5) is 31.0. The lowest BCUT2D eigenvalue weighted by Crippen LogP contribution is -2.40. The molecular weight excluding hydrogens is 470 g/mol. The van der Waals surface area contributed by atoms with Gasteiger partial charge in [0.05, 0.1) is 24.8 Å². The maximum atomic E-state index is 12.9. The van der Waals surface area contributed by atoms with Gasteiger partial charge in [0.25, 0.3) is 0 Å². The van der Waals surface area contributed by atoms with Crippen molar-refractivity contribution in [3.63, 3.8) is 0 Å². The second-order valence-corrected chi connectivity index (χ2v) is 9.21. The third-order valence-electron chi connectivity index (χ3n) is 6.74. The molecular formula is C29H31N3O5. The van der Waals surface area contributed by atoms with Crippen molar-refractivity contribution in [3.8, 4) is 22.8 Å². The maximum Gasteiger partial charge on any atom is 0.326 e. The molecule has 3 aromatic rings. The number of esters is 1. The molecule has 1 aliphatic carbocycles. The third kappa shape index (κ3) is 5.85. The molecule has 8 nitrogen and oxygen atoms in total. The van der Waals surface area contributed by atoms with E-state index in [1.807, 2.05) is 67.6 Å². The van der Waals surface area contributed by atoms with E-state index in [9.17, 15) is 9.59 Å². The molecule has 1 aromatic heterocycles. The van der Waals surface area contributed by atoms with E-state index >= 15 is 0 Å². The first kappa shape index (κ1) is 24.6. The van der Waals surface area contributed by atoms with Crippen LogP contribution in [0.2, 0.25) is 0 Å². The van der Waals surface area contributed by atoms with Crippen molar-refractivity contribution in [2.75, 3.05) is 30.0 Å². The fourth-order valence-corrected chi connectivity index (χ4v) is 4.79. The highest BCUT2D eigenvalue weighted by Gasteiger charge is 2.28. The molecule has 2 amide bonds. The number of carbonyl (C=O) groups is 2. The van der Waals surface area contributed by atoms with Crippen molar-refractivity contribution in [1.82, 2.24) is 4.98 Å². The number of benzene rings is 2. The van der Waals surface area contributed by atoms with E-state index in [-0.39, 0.29) is 24.0 Å². The van der Waals surface area contributed by atoms with Crippen LogP contribution in [0, 0.1) is 5.92 Å². The minimum Gasteiger partial charge on any atom is -0.490 e. The summed E-state index contributed by atoms with van der Waals surface area (Å²) in [6.45, 7) is 3.14. The molecule has 1 fully saturated rings. The first-order chi connectivity index (χ1) is 18.1. The number of anilines is 2. The Labute approximate surface area is 216 Å². The quantitative estimate of drug-likeness (QED) is 0.437. The van der Waals surface area contributed by atoms with E-state index in [2.05, 4.69) is 10.3 Å². The topological polar surface area (TPSA) is 90.0 Å². The SMILES string of the molecule is CCOC(=O)[C@H]1CC[C@H](Oc2ccc(-c3ccc4c(c3)OCCN4C(=O)Nc3ccccc3)cn2)CC1. The summed E-state index contributed by atoms with van der Waals surface area (Å²) in [6, 6.07) is 18.8. The number of fused-ring (bicyclic) bond motifs is 1. The fraction of sp³-hybridized carbons (Fsp3) is 0.345. The van der Waals surface area contributed by atoms with E-state index < -0.39 is 0 Å². The Balaban J connectivity index is 1.21. The van der Waals surface area contributed by atoms with Gasteiger partial charge in [0.2, 0.25) is 5.88 Å². The van der Waals surface area contributed by atoms with Crippen LogP contribution in [0.15, 0.2) is 66.9 Å². The second kappa shape index (κ2) is 11.3. The Morgan fingerprint density at radius 3 is 2.54 bits per heavy atom. The molecule has 192 valence electrons. The summed E-state index contributed by atoms with van der Waals surface area (Å²) in [5.74, 6) is 1.10. The molecule has 1 saturated carbocycles. The first-order valence-corrected chi connectivity index (χ1v) is 12.8. The van der Waals surface area contributed by atoms with Crippen molar-refractivity contribution in [1.29, 1.82) is 0 Å². The third-order valence-corrected chi connectivity index (χ3v) is 6.74. The second-order valence-electron chi connectivity index (χ2n) is 9.21. The Hall–Kier alpha value is -4.07. The number of carbonyl (C=O) groups excluding carboxylic acids is 2. The van der Waals surface area contributed by atoms with Crippen molar-refractivity contribution in [3.05, 3.63) is 66.9 Å². The van der Waals surface area contributed by atoms with Gasteiger partial charge in [-0.3, -0.25) is 9.69 Å². The molecule has 1 aliphatic heterocycles. The van der Waals surface area contributed by atoms with Crippen molar-refractivity contribution in [2.24, 2.45) is 5.92 Å². The van der Waals surface area contributed by atoms with Gasteiger partial charge in [-0.1, -0.05) is 24.3 Å². The zero-order valence-corrected chi connectivity index (χ0v) is 20.9. The molecule has 5 rings (SSSR count). The van der Waals surface area contributed by atoms with Gasteiger partial charge in [0, 0.05) is 23.5 Å². The fourth-order valence-electron chi connectivity index (χ4n) is 4.79. The number of nitrogens with one attached hydrogen (secondary N) is 1. The van der Waals surface area contributed by atoms with Crippen LogP contribution in [0.1, 0.15) is 32.6 Å². The number of urea groups is 1. The molecule has 0 atom stereocenters. The molecule has 37 heavy (non-hydrogen) atoms. The van der Waals surface area contributed by atoms with Crippen molar-refractivity contribution >= 4 is 23.4 Å². The molecule has 0 unspecified atom stereocenters. The van der Waals surface area contributed by atoms with E-state index in [0.717, 1.165) is 48.2 Å². The minimum atomic E-state index is -0.192. The number of nitrogens with zero attached hydrogens (tertiary/aromatic N) is 2. The smallest absolute Gasteiger partial charge is 0.326 e. The van der Waals surface area contributed by atoms with Crippen molar-refractivity contribution in [2.45, 2.75) is 38.7 Å². The average Bonchev–Trinajstić information content (AvgIpc) is 2.94. The number of amides is 2. The number of pyridine rings is 1. The highest BCUT2D eigenvalue weighted by molar-refractivity contribution is 6.03. The summed E-state index contributed by atoms with van der Waals surface area (Å²) in [7, 11) is 0.